The molecule has 0 bridgehead atoms. The highest BCUT2D eigenvalue weighted by Gasteiger charge is 2.06. The molecular formula is C12H15NO. The fraction of sp³-hybridized carbons (Fsp3) is 0.333. The first-order valence-electron chi connectivity index (χ1n) is 4.63. The van der Waals surface area contributed by atoms with E-state index in [2.05, 4.69) is 25.8 Å². The van der Waals surface area contributed by atoms with Crippen LogP contribution in [0.25, 0.3) is 0 Å². The number of nitrogens with zero attached hydrogens (tertiary/aromatic N) is 1. The van der Waals surface area contributed by atoms with E-state index >= 15 is 0 Å². The highest BCUT2D eigenvalue weighted by atomic mass is 16.1. The normalized spacial score (nSPS) is 11.9. The van der Waals surface area contributed by atoms with Crippen LogP contribution in [0.5, 0.6) is 0 Å². The van der Waals surface area contributed by atoms with Crippen LogP contribution in [-0.4, -0.2) is 10.8 Å². The van der Waals surface area contributed by atoms with Gasteiger partial charge in [-0.3, -0.25) is 9.78 Å². The van der Waals surface area contributed by atoms with E-state index in [1.165, 1.54) is 0 Å². The van der Waals surface area contributed by atoms with Crippen molar-refractivity contribution in [1.82, 2.24) is 4.98 Å². The molecule has 0 aliphatic rings. The minimum absolute atomic E-state index is 0.00743. The van der Waals surface area contributed by atoms with Crippen molar-refractivity contribution < 1.29 is 4.79 Å². The fourth-order valence-electron chi connectivity index (χ4n) is 0.930. The number of aromatic nitrogens is 1. The lowest BCUT2D eigenvalue weighted by Crippen LogP contribution is -2.02. The Balaban J connectivity index is 2.74. The average Bonchev–Trinajstić information content (AvgIpc) is 2.14. The Labute approximate surface area is 84.7 Å². The van der Waals surface area contributed by atoms with Crippen LogP contribution in [0.4, 0.5) is 0 Å². The lowest BCUT2D eigenvalue weighted by Gasteiger charge is -2.10. The molecule has 74 valence electrons. The van der Waals surface area contributed by atoms with Gasteiger partial charge in [-0.2, -0.15) is 0 Å². The monoisotopic (exact) mass is 189 g/mol. The van der Waals surface area contributed by atoms with Crippen LogP contribution >= 0.6 is 0 Å². The van der Waals surface area contributed by atoms with E-state index in [9.17, 15) is 4.79 Å². The zero-order chi connectivity index (χ0) is 10.6. The van der Waals surface area contributed by atoms with Crippen molar-refractivity contribution in [3.63, 3.8) is 0 Å². The van der Waals surface area contributed by atoms with E-state index in [1.54, 1.807) is 30.6 Å². The summed E-state index contributed by atoms with van der Waals surface area (Å²) in [5.41, 5.74) is 0.672. The van der Waals surface area contributed by atoms with Gasteiger partial charge in [-0.15, -0.1) is 0 Å². The topological polar surface area (TPSA) is 30.0 Å². The van der Waals surface area contributed by atoms with E-state index in [-0.39, 0.29) is 11.2 Å². The first-order valence-corrected chi connectivity index (χ1v) is 4.63. The molecule has 0 unspecified atom stereocenters. The third-order valence-corrected chi connectivity index (χ3v) is 1.68. The summed E-state index contributed by atoms with van der Waals surface area (Å²) in [6, 6.07) is 3.53. The number of carbonyl (C=O) groups is 1. The van der Waals surface area contributed by atoms with Crippen LogP contribution in [0.1, 0.15) is 31.1 Å². The molecule has 1 aromatic rings. The molecule has 2 nitrogen and oxygen atoms in total. The van der Waals surface area contributed by atoms with Crippen molar-refractivity contribution in [2.24, 2.45) is 5.41 Å². The summed E-state index contributed by atoms with van der Waals surface area (Å²) < 4.78 is 0. The molecule has 0 aliphatic carbocycles. The van der Waals surface area contributed by atoms with Gasteiger partial charge in [0.15, 0.2) is 5.78 Å². The summed E-state index contributed by atoms with van der Waals surface area (Å²) in [6.07, 6.45) is 6.75. The summed E-state index contributed by atoms with van der Waals surface area (Å²) in [6.45, 7) is 6.17. The molecule has 1 aromatic heterocycles. The van der Waals surface area contributed by atoms with Gasteiger partial charge in [-0.25, -0.2) is 0 Å². The van der Waals surface area contributed by atoms with Gasteiger partial charge < -0.3 is 0 Å². The second kappa shape index (κ2) is 4.18. The summed E-state index contributed by atoms with van der Waals surface area (Å²) in [5.74, 6) is 0.00743. The van der Waals surface area contributed by atoms with Crippen LogP contribution < -0.4 is 0 Å². The molecule has 0 radical (unpaired) electrons. The maximum atomic E-state index is 11.6. The van der Waals surface area contributed by atoms with Crippen LogP contribution in [-0.2, 0) is 0 Å². The number of rotatable bonds is 2. The second-order valence-corrected chi connectivity index (χ2v) is 4.31. The molecule has 2 heteroatoms. The molecule has 0 N–H and O–H groups in total. The molecule has 14 heavy (non-hydrogen) atoms. The van der Waals surface area contributed by atoms with Crippen LogP contribution in [0, 0.1) is 5.41 Å². The van der Waals surface area contributed by atoms with Gasteiger partial charge in [0.25, 0.3) is 0 Å². The SMILES string of the molecule is CC(C)(C)/C=C/C(=O)c1cccnc1. The molecular weight excluding hydrogens is 174 g/mol. The number of carbonyl (C=O) groups excluding carboxylic acids is 1. The molecule has 0 aromatic carbocycles. The van der Waals surface area contributed by atoms with Crippen molar-refractivity contribution >= 4 is 5.78 Å². The number of allylic oxidation sites excluding steroid dienone is 2. The number of pyridine rings is 1. The average molecular weight is 189 g/mol. The Kier molecular flexibility index (Phi) is 3.18. The highest BCUT2D eigenvalue weighted by Crippen LogP contribution is 2.15. The third-order valence-electron chi connectivity index (χ3n) is 1.68. The molecule has 0 saturated carbocycles. The fourth-order valence-corrected chi connectivity index (χ4v) is 0.930. The second-order valence-electron chi connectivity index (χ2n) is 4.31. The van der Waals surface area contributed by atoms with Gasteiger partial charge in [0.1, 0.15) is 0 Å². The van der Waals surface area contributed by atoms with Crippen LogP contribution in [0.15, 0.2) is 36.7 Å². The Morgan fingerprint density at radius 3 is 2.64 bits per heavy atom. The van der Waals surface area contributed by atoms with Crippen LogP contribution in [0.3, 0.4) is 0 Å². The number of ketones is 1. The maximum absolute atomic E-state index is 11.6. The Hall–Kier alpha value is -1.44. The van der Waals surface area contributed by atoms with Crippen molar-refractivity contribution in [2.75, 3.05) is 0 Å². The summed E-state index contributed by atoms with van der Waals surface area (Å²) in [7, 11) is 0. The number of hydrogen-bond acceptors (Lipinski definition) is 2. The lowest BCUT2D eigenvalue weighted by molar-refractivity contribution is 0.104. The van der Waals surface area contributed by atoms with Gasteiger partial charge in [-0.1, -0.05) is 26.8 Å². The molecule has 0 saturated heterocycles. The third kappa shape index (κ3) is 3.52. The summed E-state index contributed by atoms with van der Waals surface area (Å²) in [5, 5.41) is 0. The minimum atomic E-state index is 0.00743. The first kappa shape index (κ1) is 10.6. The van der Waals surface area contributed by atoms with Gasteiger partial charge in [-0.05, 0) is 23.6 Å². The Morgan fingerprint density at radius 2 is 2.14 bits per heavy atom. The molecule has 1 rings (SSSR count). The van der Waals surface area contributed by atoms with Crippen molar-refractivity contribution in [3.8, 4) is 0 Å². The van der Waals surface area contributed by atoms with E-state index in [4.69, 9.17) is 0 Å². The Bertz CT molecular complexity index is 333. The molecule has 0 fully saturated rings. The van der Waals surface area contributed by atoms with E-state index in [1.807, 2.05) is 6.08 Å². The molecule has 0 aliphatic heterocycles. The zero-order valence-electron chi connectivity index (χ0n) is 8.82. The van der Waals surface area contributed by atoms with Crippen LogP contribution in [0.2, 0.25) is 0 Å². The number of hydrogen-bond donors (Lipinski definition) is 0. The predicted molar refractivity (Wildman–Crippen MR) is 57.2 cm³/mol. The maximum Gasteiger partial charge on any atom is 0.187 e. The van der Waals surface area contributed by atoms with Crippen molar-refractivity contribution in [3.05, 3.63) is 42.2 Å². The van der Waals surface area contributed by atoms with E-state index in [0.717, 1.165) is 0 Å². The summed E-state index contributed by atoms with van der Waals surface area (Å²) in [4.78, 5) is 15.5. The Morgan fingerprint density at radius 1 is 1.43 bits per heavy atom. The van der Waals surface area contributed by atoms with E-state index < -0.39 is 0 Å². The first-order chi connectivity index (χ1) is 6.49. The van der Waals surface area contributed by atoms with Gasteiger partial charge in [0, 0.05) is 18.0 Å². The zero-order valence-corrected chi connectivity index (χ0v) is 8.82. The lowest BCUT2D eigenvalue weighted by atomic mass is 9.95. The van der Waals surface area contributed by atoms with Gasteiger partial charge in [0.2, 0.25) is 0 Å². The molecule has 0 amide bonds. The summed E-state index contributed by atoms with van der Waals surface area (Å²) >= 11 is 0. The van der Waals surface area contributed by atoms with E-state index in [0.29, 0.717) is 5.56 Å². The van der Waals surface area contributed by atoms with Crippen molar-refractivity contribution in [2.45, 2.75) is 20.8 Å². The van der Waals surface area contributed by atoms with Crippen molar-refractivity contribution in [1.29, 1.82) is 0 Å². The quantitative estimate of drug-likeness (QED) is 0.529. The minimum Gasteiger partial charge on any atom is -0.289 e. The van der Waals surface area contributed by atoms with Gasteiger partial charge >= 0.3 is 0 Å². The molecule has 0 spiro atoms. The van der Waals surface area contributed by atoms with Gasteiger partial charge in [0.05, 0.1) is 0 Å². The molecule has 0 atom stereocenters. The predicted octanol–water partition coefficient (Wildman–Crippen LogP) is 2.87. The molecule has 1 heterocycles. The largest absolute Gasteiger partial charge is 0.289 e. The highest BCUT2D eigenvalue weighted by molar-refractivity contribution is 6.04. The standard InChI is InChI=1S/C12H15NO/c1-12(2,3)7-6-11(14)10-5-4-8-13-9-10/h4-9H,1-3H3/b7-6+. The smallest absolute Gasteiger partial charge is 0.187 e.